The number of fused-ring (bicyclic) bond motifs is 2. The molecule has 0 aromatic carbocycles. The lowest BCUT2D eigenvalue weighted by Crippen LogP contribution is -2.41. The molecule has 160 valence electrons. The van der Waals surface area contributed by atoms with Crippen molar-refractivity contribution in [3.63, 3.8) is 0 Å². The summed E-state index contributed by atoms with van der Waals surface area (Å²) in [4.78, 5) is 13.0. The van der Waals surface area contributed by atoms with E-state index in [1.807, 2.05) is 20.8 Å². The lowest BCUT2D eigenvalue weighted by atomic mass is 9.85. The maximum absolute atomic E-state index is 13.0. The third-order valence-electron chi connectivity index (χ3n) is 5.32. The summed E-state index contributed by atoms with van der Waals surface area (Å²) in [5.74, 6) is 0.114. The molecule has 28 heavy (non-hydrogen) atoms. The highest BCUT2D eigenvalue weighted by molar-refractivity contribution is 7.51. The Hall–Kier alpha value is -0.570. The Kier molecular flexibility index (Phi) is 7.16. The molecule has 0 aromatic heterocycles. The number of carbonyl (C=O) groups is 1. The molecule has 0 aromatic rings. The highest BCUT2D eigenvalue weighted by atomic mass is 31.2. The normalized spacial score (nSPS) is 31.5. The van der Waals surface area contributed by atoms with Crippen molar-refractivity contribution in [1.29, 1.82) is 5.26 Å². The summed E-state index contributed by atoms with van der Waals surface area (Å²) in [7, 11) is -1.23. The number of Topliss-reactive ketones (excluding diaryl/α,β-unsaturated/α-hetero) is 1. The second kappa shape index (κ2) is 9.06. The van der Waals surface area contributed by atoms with Crippen LogP contribution < -0.4 is 0 Å². The Morgan fingerprint density at radius 3 is 2.57 bits per heavy atom. The second-order valence-electron chi connectivity index (χ2n) is 9.48. The van der Waals surface area contributed by atoms with Crippen molar-refractivity contribution in [2.24, 2.45) is 5.41 Å². The fourth-order valence-electron chi connectivity index (χ4n) is 4.22. The highest BCUT2D eigenvalue weighted by Crippen LogP contribution is 2.52. The molecule has 0 saturated carbocycles. The Morgan fingerprint density at radius 1 is 1.43 bits per heavy atom. The number of hydrogen-bond donors (Lipinski definition) is 0. The molecule has 0 spiro atoms. The van der Waals surface area contributed by atoms with Gasteiger partial charge in [-0.25, -0.2) is 0 Å². The summed E-state index contributed by atoms with van der Waals surface area (Å²) < 4.78 is 28.9. The van der Waals surface area contributed by atoms with Crippen LogP contribution in [0.1, 0.15) is 69.6 Å². The summed E-state index contributed by atoms with van der Waals surface area (Å²) in [6, 6.07) is 2.61. The Balaban J connectivity index is 2.22. The van der Waals surface area contributed by atoms with E-state index in [2.05, 4.69) is 38.4 Å². The topological polar surface area (TPSA) is 71.8 Å². The van der Waals surface area contributed by atoms with Gasteiger partial charge in [0.05, 0.1) is 24.9 Å². The van der Waals surface area contributed by atoms with Gasteiger partial charge in [-0.1, -0.05) is 13.8 Å². The molecule has 7 heteroatoms. The van der Waals surface area contributed by atoms with Crippen molar-refractivity contribution in [3.05, 3.63) is 0 Å². The van der Waals surface area contributed by atoms with E-state index < -0.39 is 13.9 Å². The Labute approximate surface area is 173 Å². The molecule has 2 rings (SSSR count). The molecule has 2 heterocycles. The molecule has 0 radical (unpaired) electrons. The van der Waals surface area contributed by atoms with Gasteiger partial charge in [-0.15, -0.1) is 0 Å². The number of nitriles is 1. The van der Waals surface area contributed by atoms with Gasteiger partial charge in [-0.3, -0.25) is 9.46 Å². The van der Waals surface area contributed by atoms with Gasteiger partial charge in [0.25, 0.3) is 0 Å². The van der Waals surface area contributed by atoms with Gasteiger partial charge >= 0.3 is 0 Å². The summed E-state index contributed by atoms with van der Waals surface area (Å²) in [6.07, 6.45) is 0.368. The van der Waals surface area contributed by atoms with Crippen LogP contribution in [0.2, 0.25) is 0 Å². The van der Waals surface area contributed by atoms with Crippen molar-refractivity contribution < 1.29 is 20.2 Å². The van der Waals surface area contributed by atoms with Crippen LogP contribution in [0.5, 0.6) is 0 Å². The second-order valence-corrected chi connectivity index (χ2v) is 11.2. The number of ketones is 1. The maximum Gasteiger partial charge on any atom is 0.141 e. The first kappa shape index (κ1) is 22.1. The Bertz CT molecular complexity index is 616. The van der Waals surface area contributed by atoms with Crippen molar-refractivity contribution >= 4 is 14.1 Å². The first-order valence-corrected chi connectivity index (χ1v) is 11.6. The van der Waals surface area contributed by atoms with E-state index in [1.165, 1.54) is 0 Å². The van der Waals surface area contributed by atoms with E-state index in [0.29, 0.717) is 25.6 Å². The van der Waals surface area contributed by atoms with Crippen LogP contribution in [0, 0.1) is 16.7 Å². The summed E-state index contributed by atoms with van der Waals surface area (Å²) in [6.45, 7) is 14.8. The van der Waals surface area contributed by atoms with Crippen LogP contribution in [-0.2, 0) is 18.8 Å². The minimum absolute atomic E-state index is 0.0776. The van der Waals surface area contributed by atoms with Crippen LogP contribution in [-0.4, -0.2) is 59.2 Å². The van der Waals surface area contributed by atoms with E-state index in [4.69, 9.17) is 20.6 Å². The fourth-order valence-corrected chi connectivity index (χ4v) is 6.58. The zero-order chi connectivity index (χ0) is 22.0. The van der Waals surface area contributed by atoms with Crippen molar-refractivity contribution in [1.82, 2.24) is 4.67 Å². The minimum Gasteiger partial charge on any atom is -0.370 e. The van der Waals surface area contributed by atoms with Crippen molar-refractivity contribution in [3.8, 4) is 6.07 Å². The van der Waals surface area contributed by atoms with Gasteiger partial charge in [0.15, 0.2) is 0 Å². The zero-order valence-electron chi connectivity index (χ0n) is 19.4. The predicted molar refractivity (Wildman–Crippen MR) is 111 cm³/mol. The van der Waals surface area contributed by atoms with E-state index >= 15 is 0 Å². The third-order valence-corrected chi connectivity index (χ3v) is 7.85. The molecule has 2 aliphatic heterocycles. The van der Waals surface area contributed by atoms with E-state index in [9.17, 15) is 4.79 Å². The molecule has 0 N–H and O–H groups in total. The summed E-state index contributed by atoms with van der Waals surface area (Å²) in [5, 5.41) is 9.03. The standard InChI is InChI=1S/C21H37N2O4P/c1-14(2)23(15(3)4)28(12-17(24)11-20(6,7)9-10-22)27-19-18-16(5)26-21(19,8)13-25-18/h14-16,18-19H,9,11-13H2,1-8H3/t16-,18?,19?,21-,28?/m0/s1/i8D. The molecule has 2 saturated heterocycles. The van der Waals surface area contributed by atoms with Gasteiger partial charge < -0.3 is 14.0 Å². The average molecular weight is 414 g/mol. The number of rotatable bonds is 10. The van der Waals surface area contributed by atoms with Crippen LogP contribution in [0.25, 0.3) is 0 Å². The zero-order valence-corrected chi connectivity index (χ0v) is 19.3. The van der Waals surface area contributed by atoms with Gasteiger partial charge in [-0.2, -0.15) is 5.26 Å². The van der Waals surface area contributed by atoms with Crippen LogP contribution in [0.3, 0.4) is 0 Å². The molecule has 0 amide bonds. The minimum atomic E-state index is -1.23. The van der Waals surface area contributed by atoms with Gasteiger partial charge in [0, 0.05) is 26.3 Å². The van der Waals surface area contributed by atoms with Gasteiger partial charge in [-0.05, 0) is 46.9 Å². The molecule has 5 atom stereocenters. The monoisotopic (exact) mass is 413 g/mol. The van der Waals surface area contributed by atoms with Crippen LogP contribution in [0.15, 0.2) is 0 Å². The van der Waals surface area contributed by atoms with E-state index in [0.717, 1.165) is 0 Å². The fraction of sp³-hybridized carbons (Fsp3) is 0.905. The van der Waals surface area contributed by atoms with Crippen LogP contribution >= 0.6 is 8.30 Å². The number of nitrogens with zero attached hydrogens (tertiary/aromatic N) is 2. The first-order chi connectivity index (χ1) is 13.5. The lowest BCUT2D eigenvalue weighted by Gasteiger charge is -2.39. The first-order valence-electron chi connectivity index (χ1n) is 10.9. The maximum atomic E-state index is 13.0. The molecule has 6 nitrogen and oxygen atoms in total. The van der Waals surface area contributed by atoms with E-state index in [-0.39, 0.29) is 48.5 Å². The smallest absolute Gasteiger partial charge is 0.141 e. The number of carbonyl (C=O) groups excluding carboxylic acids is 1. The molecule has 2 bridgehead atoms. The van der Waals surface area contributed by atoms with Crippen molar-refractivity contribution in [2.75, 3.05) is 12.8 Å². The summed E-state index contributed by atoms with van der Waals surface area (Å²) in [5.41, 5.74) is -1.09. The van der Waals surface area contributed by atoms with Crippen molar-refractivity contribution in [2.45, 2.75) is 104 Å². The third kappa shape index (κ3) is 5.32. The average Bonchev–Trinajstić information content (AvgIpc) is 3.04. The Morgan fingerprint density at radius 2 is 2.07 bits per heavy atom. The molecular formula is C21H37N2O4P. The molecule has 2 aliphatic rings. The van der Waals surface area contributed by atoms with Crippen LogP contribution in [0.4, 0.5) is 0 Å². The molecule has 0 aliphatic carbocycles. The molecular weight excluding hydrogens is 375 g/mol. The molecule has 3 unspecified atom stereocenters. The number of hydrogen-bond acceptors (Lipinski definition) is 6. The SMILES string of the molecule is [2H]C[C@]12COC(C1OP(CC(=O)CC(C)(C)CC#N)N(C(C)C)C(C)C)[C@H](C)O2. The van der Waals surface area contributed by atoms with Gasteiger partial charge in [0.2, 0.25) is 0 Å². The summed E-state index contributed by atoms with van der Waals surface area (Å²) >= 11 is 0. The highest BCUT2D eigenvalue weighted by Gasteiger charge is 2.59. The quantitative estimate of drug-likeness (QED) is 0.498. The lowest BCUT2D eigenvalue weighted by molar-refractivity contribution is -0.129. The number of ether oxygens (including phenoxy) is 2. The van der Waals surface area contributed by atoms with Gasteiger partial charge in [0.1, 0.15) is 31.9 Å². The van der Waals surface area contributed by atoms with E-state index in [1.54, 1.807) is 0 Å². The largest absolute Gasteiger partial charge is 0.370 e. The predicted octanol–water partition coefficient (Wildman–Crippen LogP) is 4.28. The molecule has 2 fully saturated rings.